The Morgan fingerprint density at radius 1 is 1.58 bits per heavy atom. The van der Waals surface area contributed by atoms with E-state index in [1.807, 2.05) is 6.92 Å². The molecule has 1 heterocycles. The Bertz CT molecular complexity index is 238. The van der Waals surface area contributed by atoms with Crippen LogP contribution >= 0.6 is 11.3 Å². The summed E-state index contributed by atoms with van der Waals surface area (Å²) in [6.45, 7) is 6.31. The second-order valence-electron chi connectivity index (χ2n) is 3.08. The van der Waals surface area contributed by atoms with Gasteiger partial charge in [-0.15, -0.1) is 11.3 Å². The molecule has 0 aliphatic carbocycles. The summed E-state index contributed by atoms with van der Waals surface area (Å²) in [5.74, 6) is 0. The van der Waals surface area contributed by atoms with E-state index in [1.54, 1.807) is 11.3 Å². The van der Waals surface area contributed by atoms with Crippen LogP contribution in [0, 0.1) is 13.8 Å². The van der Waals surface area contributed by atoms with Crippen molar-refractivity contribution in [2.75, 3.05) is 11.9 Å². The number of thiophene rings is 1. The predicted octanol–water partition coefficient (Wildman–Crippen LogP) is 2.16. The van der Waals surface area contributed by atoms with Crippen LogP contribution in [0.25, 0.3) is 0 Å². The van der Waals surface area contributed by atoms with Crippen molar-refractivity contribution in [3.8, 4) is 0 Å². The zero-order chi connectivity index (χ0) is 9.14. The molecule has 0 amide bonds. The van der Waals surface area contributed by atoms with Gasteiger partial charge < -0.3 is 10.4 Å². The Kier molecular flexibility index (Phi) is 3.12. The van der Waals surface area contributed by atoms with Crippen LogP contribution in [0.1, 0.15) is 17.4 Å². The maximum Gasteiger partial charge on any atom is 0.0630 e. The molecule has 0 spiro atoms. The first-order valence-corrected chi connectivity index (χ1v) is 4.95. The number of nitrogens with one attached hydrogen (secondary N) is 1. The summed E-state index contributed by atoms with van der Waals surface area (Å²) in [5, 5.41) is 14.3. The topological polar surface area (TPSA) is 32.3 Å². The van der Waals surface area contributed by atoms with Crippen molar-refractivity contribution in [1.29, 1.82) is 0 Å². The molecule has 0 aliphatic heterocycles. The Labute approximate surface area is 77.2 Å². The Morgan fingerprint density at radius 3 is 2.67 bits per heavy atom. The van der Waals surface area contributed by atoms with Crippen molar-refractivity contribution < 1.29 is 5.11 Å². The minimum absolute atomic E-state index is 0.136. The highest BCUT2D eigenvalue weighted by molar-refractivity contribution is 7.10. The third-order valence-corrected chi connectivity index (χ3v) is 2.85. The molecule has 0 bridgehead atoms. The van der Waals surface area contributed by atoms with E-state index in [0.717, 1.165) is 0 Å². The summed E-state index contributed by atoms with van der Waals surface area (Å²) in [4.78, 5) is 1.28. The lowest BCUT2D eigenvalue weighted by Gasteiger charge is -2.12. The number of aliphatic hydroxyl groups excluding tert-OH is 1. The quantitative estimate of drug-likeness (QED) is 0.756. The number of hydrogen-bond acceptors (Lipinski definition) is 3. The smallest absolute Gasteiger partial charge is 0.0630 e. The zero-order valence-corrected chi connectivity index (χ0v) is 8.53. The standard InChI is InChI=1S/C9H15NOS/c1-6-5-12-8(3)9(6)10-7(2)4-11/h5,7,10-11H,4H2,1-3H3/t7-/m0/s1. The zero-order valence-electron chi connectivity index (χ0n) is 7.72. The van der Waals surface area contributed by atoms with Crippen LogP contribution in [0.15, 0.2) is 5.38 Å². The lowest BCUT2D eigenvalue weighted by atomic mass is 10.2. The molecular weight excluding hydrogens is 170 g/mol. The summed E-state index contributed by atoms with van der Waals surface area (Å²) < 4.78 is 0. The minimum atomic E-state index is 0.136. The summed E-state index contributed by atoms with van der Waals surface area (Å²) in [5.41, 5.74) is 2.44. The van der Waals surface area contributed by atoms with Gasteiger partial charge in [0, 0.05) is 10.9 Å². The van der Waals surface area contributed by atoms with Crippen molar-refractivity contribution in [1.82, 2.24) is 0 Å². The van der Waals surface area contributed by atoms with Gasteiger partial charge >= 0.3 is 0 Å². The Balaban J connectivity index is 2.73. The third kappa shape index (κ3) is 1.99. The van der Waals surface area contributed by atoms with Gasteiger partial charge in [0.2, 0.25) is 0 Å². The normalized spacial score (nSPS) is 13.0. The van der Waals surface area contributed by atoms with Gasteiger partial charge in [-0.3, -0.25) is 0 Å². The fraction of sp³-hybridized carbons (Fsp3) is 0.556. The van der Waals surface area contributed by atoms with Gasteiger partial charge in [0.25, 0.3) is 0 Å². The molecule has 3 heteroatoms. The fourth-order valence-electron chi connectivity index (χ4n) is 1.08. The van der Waals surface area contributed by atoms with Crippen LogP contribution in [0.3, 0.4) is 0 Å². The second kappa shape index (κ2) is 3.92. The molecule has 0 saturated carbocycles. The van der Waals surface area contributed by atoms with E-state index >= 15 is 0 Å². The van der Waals surface area contributed by atoms with E-state index in [-0.39, 0.29) is 12.6 Å². The predicted molar refractivity (Wildman–Crippen MR) is 54.0 cm³/mol. The lowest BCUT2D eigenvalue weighted by molar-refractivity contribution is 0.281. The molecule has 1 aromatic heterocycles. The molecule has 68 valence electrons. The second-order valence-corrected chi connectivity index (χ2v) is 4.16. The van der Waals surface area contributed by atoms with Gasteiger partial charge in [-0.1, -0.05) is 0 Å². The van der Waals surface area contributed by atoms with Crippen molar-refractivity contribution >= 4 is 17.0 Å². The van der Waals surface area contributed by atoms with Crippen LogP contribution in [-0.4, -0.2) is 17.8 Å². The van der Waals surface area contributed by atoms with E-state index in [4.69, 9.17) is 5.11 Å². The number of anilines is 1. The number of rotatable bonds is 3. The monoisotopic (exact) mass is 185 g/mol. The highest BCUT2D eigenvalue weighted by Gasteiger charge is 2.06. The van der Waals surface area contributed by atoms with Gasteiger partial charge in [0.15, 0.2) is 0 Å². The van der Waals surface area contributed by atoms with E-state index in [2.05, 4.69) is 24.5 Å². The number of aliphatic hydroxyl groups is 1. The maximum absolute atomic E-state index is 8.86. The third-order valence-electron chi connectivity index (χ3n) is 1.82. The van der Waals surface area contributed by atoms with Crippen molar-refractivity contribution in [2.24, 2.45) is 0 Å². The first-order valence-electron chi connectivity index (χ1n) is 4.07. The molecule has 0 unspecified atom stereocenters. The van der Waals surface area contributed by atoms with E-state index < -0.39 is 0 Å². The maximum atomic E-state index is 8.86. The number of hydrogen-bond donors (Lipinski definition) is 2. The molecular formula is C9H15NOS. The molecule has 2 N–H and O–H groups in total. The van der Waals surface area contributed by atoms with Crippen LogP contribution in [0.2, 0.25) is 0 Å². The molecule has 0 aromatic carbocycles. The van der Waals surface area contributed by atoms with Crippen LogP contribution < -0.4 is 5.32 Å². The first kappa shape index (κ1) is 9.55. The Morgan fingerprint density at radius 2 is 2.25 bits per heavy atom. The van der Waals surface area contributed by atoms with Crippen molar-refractivity contribution in [3.63, 3.8) is 0 Å². The van der Waals surface area contributed by atoms with Gasteiger partial charge in [0.1, 0.15) is 0 Å². The van der Waals surface area contributed by atoms with Gasteiger partial charge in [-0.25, -0.2) is 0 Å². The summed E-state index contributed by atoms with van der Waals surface area (Å²) >= 11 is 1.74. The van der Waals surface area contributed by atoms with Crippen LogP contribution in [0.4, 0.5) is 5.69 Å². The molecule has 0 fully saturated rings. The SMILES string of the molecule is Cc1csc(C)c1N[C@@H](C)CO. The lowest BCUT2D eigenvalue weighted by Crippen LogP contribution is -2.19. The minimum Gasteiger partial charge on any atom is -0.394 e. The highest BCUT2D eigenvalue weighted by Crippen LogP contribution is 2.26. The van der Waals surface area contributed by atoms with E-state index in [9.17, 15) is 0 Å². The summed E-state index contributed by atoms with van der Waals surface area (Å²) in [6.07, 6.45) is 0. The molecule has 12 heavy (non-hydrogen) atoms. The largest absolute Gasteiger partial charge is 0.394 e. The highest BCUT2D eigenvalue weighted by atomic mass is 32.1. The van der Waals surface area contributed by atoms with Crippen molar-refractivity contribution in [3.05, 3.63) is 15.8 Å². The summed E-state index contributed by atoms with van der Waals surface area (Å²) in [7, 11) is 0. The number of aryl methyl sites for hydroxylation is 2. The van der Waals surface area contributed by atoms with E-state index in [1.165, 1.54) is 16.1 Å². The molecule has 1 rings (SSSR count). The summed E-state index contributed by atoms with van der Waals surface area (Å²) in [6, 6.07) is 0.136. The molecule has 2 nitrogen and oxygen atoms in total. The fourth-order valence-corrected chi connectivity index (χ4v) is 1.89. The van der Waals surface area contributed by atoms with Gasteiger partial charge in [-0.05, 0) is 31.7 Å². The Hall–Kier alpha value is -0.540. The molecule has 1 aromatic rings. The van der Waals surface area contributed by atoms with Crippen LogP contribution in [-0.2, 0) is 0 Å². The van der Waals surface area contributed by atoms with Gasteiger partial charge in [0.05, 0.1) is 12.3 Å². The molecule has 0 saturated heterocycles. The van der Waals surface area contributed by atoms with Crippen molar-refractivity contribution in [2.45, 2.75) is 26.8 Å². The molecule has 0 radical (unpaired) electrons. The molecule has 0 aliphatic rings. The average molecular weight is 185 g/mol. The average Bonchev–Trinajstić information content (AvgIpc) is 2.35. The molecule has 1 atom stereocenters. The van der Waals surface area contributed by atoms with Gasteiger partial charge in [-0.2, -0.15) is 0 Å². The van der Waals surface area contributed by atoms with E-state index in [0.29, 0.717) is 0 Å². The first-order chi connectivity index (χ1) is 5.65. The van der Waals surface area contributed by atoms with Crippen LogP contribution in [0.5, 0.6) is 0 Å².